The van der Waals surface area contributed by atoms with Crippen molar-refractivity contribution >= 4 is 0 Å². The Hall–Kier alpha value is -0.440. The Morgan fingerprint density at radius 3 is 3.50 bits per heavy atom. The summed E-state index contributed by atoms with van der Waals surface area (Å²) in [7, 11) is 0. The van der Waals surface area contributed by atoms with Crippen LogP contribution in [0.5, 0.6) is 0 Å². The lowest BCUT2D eigenvalue weighted by molar-refractivity contribution is 0.740. The van der Waals surface area contributed by atoms with E-state index in [9.17, 15) is 4.91 Å². The summed E-state index contributed by atoms with van der Waals surface area (Å²) in [6, 6.07) is 0. The molecule has 3 nitrogen and oxygen atoms in total. The highest BCUT2D eigenvalue weighted by molar-refractivity contribution is 4.33. The van der Waals surface area contributed by atoms with Crippen LogP contribution in [0.25, 0.3) is 0 Å². The van der Waals surface area contributed by atoms with Crippen molar-refractivity contribution in [2.24, 2.45) is 5.18 Å². The van der Waals surface area contributed by atoms with Gasteiger partial charge in [-0.2, -0.15) is 0 Å². The third-order valence-electron chi connectivity index (χ3n) is 0.301. The number of hydrogen-bond donors (Lipinski definition) is 1. The number of rotatable bonds is 3. The van der Waals surface area contributed by atoms with E-state index in [1.165, 1.54) is 0 Å². The lowest BCUT2D eigenvalue weighted by Crippen LogP contribution is -2.10. The fourth-order valence-electron chi connectivity index (χ4n) is 0.102. The van der Waals surface area contributed by atoms with Crippen molar-refractivity contribution in [1.82, 2.24) is 5.32 Å². The molecule has 0 rings (SSSR count). The van der Waals surface area contributed by atoms with Crippen LogP contribution < -0.4 is 5.32 Å². The molecule has 0 bridgehead atoms. The molecule has 0 aromatic heterocycles. The molecule has 3 heteroatoms. The van der Waals surface area contributed by atoms with Crippen LogP contribution in [0.1, 0.15) is 11.0 Å². The first-order chi connectivity index (χ1) is 4.06. The zero-order chi connectivity index (χ0) is 7.33. The Bertz CT molecular complexity index is 91.5. The summed E-state index contributed by atoms with van der Waals surface area (Å²) in [6.07, 6.45) is 0. The molecule has 0 saturated carbocycles. The molecule has 0 aliphatic rings. The average Bonchev–Trinajstić information content (AvgIpc) is 1.63. The summed E-state index contributed by atoms with van der Waals surface area (Å²) in [5.41, 5.74) is 0. The second-order valence-corrected chi connectivity index (χ2v) is 0.714. The molecule has 0 aromatic carbocycles. The number of nitroso groups, excluding NO2 is 1. The van der Waals surface area contributed by atoms with Crippen LogP contribution in [0.2, 0.25) is 0 Å². The van der Waals surface area contributed by atoms with E-state index in [4.69, 9.17) is 4.11 Å². The Morgan fingerprint density at radius 1 is 2.17 bits per heavy atom. The molecule has 0 heterocycles. The van der Waals surface area contributed by atoms with Crippen LogP contribution >= 0.6 is 0 Å². The van der Waals surface area contributed by atoms with E-state index in [0.29, 0.717) is 0 Å². The van der Waals surface area contributed by atoms with E-state index in [-0.39, 0.29) is 13.2 Å². The highest BCUT2D eigenvalue weighted by atomic mass is 16.3. The molecule has 0 aliphatic heterocycles. The van der Waals surface area contributed by atoms with Crippen LogP contribution in [0.3, 0.4) is 0 Å². The van der Waals surface area contributed by atoms with Crippen molar-refractivity contribution in [3.63, 3.8) is 0 Å². The fourth-order valence-corrected chi connectivity index (χ4v) is 0.102. The molecule has 1 N–H and O–H groups in total. The van der Waals surface area contributed by atoms with Gasteiger partial charge in [-0.15, -0.1) is 4.91 Å². The Kier molecular flexibility index (Phi) is 1.54. The topological polar surface area (TPSA) is 41.5 Å². The zero-order valence-electron chi connectivity index (χ0n) is 6.27. The van der Waals surface area contributed by atoms with E-state index >= 15 is 0 Å². The van der Waals surface area contributed by atoms with Crippen LogP contribution in [-0.4, -0.2) is 13.2 Å². The van der Waals surface area contributed by atoms with Gasteiger partial charge >= 0.3 is 0 Å². The van der Waals surface area contributed by atoms with Crippen molar-refractivity contribution in [2.45, 2.75) is 6.85 Å². The van der Waals surface area contributed by atoms with Crippen LogP contribution in [0.4, 0.5) is 0 Å². The minimum absolute atomic E-state index is 0.140. The normalized spacial score (nSPS) is 17.7. The van der Waals surface area contributed by atoms with Gasteiger partial charge in [-0.1, -0.05) is 12.0 Å². The molecule has 0 amide bonds. The molecule has 0 atom stereocenters. The van der Waals surface area contributed by atoms with Gasteiger partial charge in [0.2, 0.25) is 0 Å². The monoisotopic (exact) mass is 91.1 g/mol. The summed E-state index contributed by atoms with van der Waals surface area (Å²) >= 11 is 0. The first-order valence-electron chi connectivity index (χ1n) is 3.06. The Labute approximate surface area is 40.9 Å². The molecular formula is C3H8N2O. The quantitative estimate of drug-likeness (QED) is 0.401. The summed E-state index contributed by atoms with van der Waals surface area (Å²) in [6.45, 7) is -2.32. The maximum atomic E-state index is 9.39. The third kappa shape index (κ3) is 3.56. The molecule has 0 aliphatic carbocycles. The number of nitrogens with one attached hydrogen (secondary N) is 1. The smallest absolute Gasteiger partial charge is 0.131 e. The second-order valence-electron chi connectivity index (χ2n) is 0.714. The zero-order valence-corrected chi connectivity index (χ0v) is 3.27. The van der Waals surface area contributed by atoms with Gasteiger partial charge in [-0.05, 0) is 6.54 Å². The largest absolute Gasteiger partial charge is 0.296 e. The van der Waals surface area contributed by atoms with E-state index < -0.39 is 6.85 Å². The fraction of sp³-hybridized carbons (Fsp3) is 1.00. The van der Waals surface area contributed by atoms with Gasteiger partial charge in [0.15, 0.2) is 0 Å². The Morgan fingerprint density at radius 2 is 3.00 bits per heavy atom. The minimum Gasteiger partial charge on any atom is -0.296 e. The van der Waals surface area contributed by atoms with Gasteiger partial charge in [0.25, 0.3) is 0 Å². The SMILES string of the molecule is [2H]C([2H])([2H])CNCN=O. The standard InChI is InChI=1S/C3H8N2O/c1-2-4-3-5-6/h4H,2-3H2,1H3/i1D3. The van der Waals surface area contributed by atoms with Gasteiger partial charge in [-0.3, -0.25) is 5.32 Å². The van der Waals surface area contributed by atoms with Crippen molar-refractivity contribution in [3.8, 4) is 0 Å². The molecule has 6 heavy (non-hydrogen) atoms. The predicted molar refractivity (Wildman–Crippen MR) is 24.3 cm³/mol. The van der Waals surface area contributed by atoms with E-state index in [1.807, 2.05) is 0 Å². The number of nitrogens with zero attached hydrogens (tertiary/aromatic N) is 1. The highest BCUT2D eigenvalue weighted by Gasteiger charge is 1.70. The molecule has 0 radical (unpaired) electrons. The van der Waals surface area contributed by atoms with E-state index in [2.05, 4.69) is 10.5 Å². The molecule has 0 aromatic rings. The van der Waals surface area contributed by atoms with Crippen LogP contribution in [0, 0.1) is 4.91 Å². The van der Waals surface area contributed by atoms with Gasteiger partial charge in [0.1, 0.15) is 6.67 Å². The molecular weight excluding hydrogens is 80.0 g/mol. The van der Waals surface area contributed by atoms with Crippen molar-refractivity contribution in [2.75, 3.05) is 13.2 Å². The minimum atomic E-state index is -2.01. The number of hydrogen-bond acceptors (Lipinski definition) is 3. The predicted octanol–water partition coefficient (Wildman–Crippen LogP) is 0.320. The lowest BCUT2D eigenvalue weighted by Gasteiger charge is -1.84. The molecule has 0 fully saturated rings. The molecule has 0 saturated heterocycles. The average molecular weight is 91.1 g/mol. The van der Waals surface area contributed by atoms with E-state index in [1.54, 1.807) is 0 Å². The molecule has 36 valence electrons. The first kappa shape index (κ1) is 2.02. The van der Waals surface area contributed by atoms with Crippen molar-refractivity contribution in [1.29, 1.82) is 0 Å². The maximum Gasteiger partial charge on any atom is 0.131 e. The van der Waals surface area contributed by atoms with Crippen molar-refractivity contribution < 1.29 is 4.11 Å². The van der Waals surface area contributed by atoms with Crippen molar-refractivity contribution in [3.05, 3.63) is 4.91 Å². The van der Waals surface area contributed by atoms with Crippen LogP contribution in [-0.2, 0) is 0 Å². The summed E-state index contributed by atoms with van der Waals surface area (Å²) in [4.78, 5) is 9.39. The molecule has 0 spiro atoms. The van der Waals surface area contributed by atoms with E-state index in [0.717, 1.165) is 0 Å². The highest BCUT2D eigenvalue weighted by Crippen LogP contribution is 1.55. The second kappa shape index (κ2) is 4.56. The summed E-state index contributed by atoms with van der Waals surface area (Å²) in [5, 5.41) is 4.76. The first-order valence-corrected chi connectivity index (χ1v) is 1.56. The Balaban J connectivity index is 3.17. The molecule has 0 unspecified atom stereocenters. The maximum absolute atomic E-state index is 9.39. The third-order valence-corrected chi connectivity index (χ3v) is 0.301. The summed E-state index contributed by atoms with van der Waals surface area (Å²) in [5.74, 6) is 0. The van der Waals surface area contributed by atoms with Gasteiger partial charge in [-0.25, -0.2) is 0 Å². The summed E-state index contributed by atoms with van der Waals surface area (Å²) < 4.78 is 19.9. The van der Waals surface area contributed by atoms with Gasteiger partial charge in [0.05, 0.1) is 0 Å². The lowest BCUT2D eigenvalue weighted by atomic mass is 10.8. The van der Waals surface area contributed by atoms with Gasteiger partial charge in [0, 0.05) is 4.11 Å². The van der Waals surface area contributed by atoms with Gasteiger partial charge < -0.3 is 0 Å². The van der Waals surface area contributed by atoms with Crippen LogP contribution in [0.15, 0.2) is 5.18 Å².